The quantitative estimate of drug-likeness (QED) is 0.487. The maximum absolute atomic E-state index is 10.7. The van der Waals surface area contributed by atoms with E-state index in [1.54, 1.807) is 0 Å². The molecule has 1 fully saturated rings. The molecule has 0 spiro atoms. The van der Waals surface area contributed by atoms with Crippen molar-refractivity contribution in [2.75, 3.05) is 25.5 Å². The molecule has 2 rings (SSSR count). The van der Waals surface area contributed by atoms with Crippen LogP contribution >= 0.6 is 11.6 Å². The number of pyridine rings is 1. The molecule has 0 aliphatic heterocycles. The van der Waals surface area contributed by atoms with Crippen molar-refractivity contribution >= 4 is 23.1 Å². The molecule has 0 amide bonds. The van der Waals surface area contributed by atoms with Crippen LogP contribution in [-0.2, 0) is 0 Å². The summed E-state index contributed by atoms with van der Waals surface area (Å²) in [6.07, 6.45) is 2.52. The first-order chi connectivity index (χ1) is 8.56. The molecule has 0 bridgehead atoms. The molecule has 1 heterocycles. The van der Waals surface area contributed by atoms with Gasteiger partial charge in [0.1, 0.15) is 11.0 Å². The van der Waals surface area contributed by atoms with E-state index in [1.165, 1.54) is 25.0 Å². The average molecular weight is 271 g/mol. The van der Waals surface area contributed by atoms with Gasteiger partial charge in [-0.15, -0.1) is 0 Å². The Balaban J connectivity index is 1.89. The van der Waals surface area contributed by atoms with Gasteiger partial charge in [0.05, 0.1) is 17.1 Å². The fraction of sp³-hybridized carbons (Fsp3) is 0.545. The lowest BCUT2D eigenvalue weighted by Crippen LogP contribution is -2.27. The van der Waals surface area contributed by atoms with Crippen molar-refractivity contribution in [3.05, 3.63) is 27.4 Å². The van der Waals surface area contributed by atoms with E-state index in [4.69, 9.17) is 11.6 Å². The summed E-state index contributed by atoms with van der Waals surface area (Å²) in [5, 5.41) is 13.8. The molecule has 1 N–H and O–H groups in total. The molecule has 18 heavy (non-hydrogen) atoms. The summed E-state index contributed by atoms with van der Waals surface area (Å²) in [5.41, 5.74) is -0.0481. The van der Waals surface area contributed by atoms with Crippen LogP contribution in [0.3, 0.4) is 0 Å². The maximum Gasteiger partial charge on any atom is 0.276 e. The second kappa shape index (κ2) is 5.49. The SMILES string of the molecule is CN(CCNc1cc([N+](=O)[O-])cc(Cl)n1)C1CC1. The Morgan fingerprint density at radius 1 is 1.61 bits per heavy atom. The maximum atomic E-state index is 10.7. The Morgan fingerprint density at radius 3 is 2.94 bits per heavy atom. The number of nitrogens with zero attached hydrogens (tertiary/aromatic N) is 3. The predicted molar refractivity (Wildman–Crippen MR) is 70.0 cm³/mol. The van der Waals surface area contributed by atoms with Crippen molar-refractivity contribution in [3.63, 3.8) is 0 Å². The van der Waals surface area contributed by atoms with Crippen LogP contribution in [0.15, 0.2) is 12.1 Å². The minimum atomic E-state index is -0.477. The van der Waals surface area contributed by atoms with Crippen LogP contribution in [0.4, 0.5) is 11.5 Å². The third-order valence-electron chi connectivity index (χ3n) is 2.93. The summed E-state index contributed by atoms with van der Waals surface area (Å²) >= 11 is 5.73. The van der Waals surface area contributed by atoms with Crippen molar-refractivity contribution < 1.29 is 4.92 Å². The zero-order valence-corrected chi connectivity index (χ0v) is 10.9. The van der Waals surface area contributed by atoms with E-state index in [0.29, 0.717) is 18.4 Å². The molecule has 1 saturated carbocycles. The van der Waals surface area contributed by atoms with Crippen LogP contribution < -0.4 is 5.32 Å². The van der Waals surface area contributed by atoms with E-state index in [2.05, 4.69) is 22.2 Å². The minimum Gasteiger partial charge on any atom is -0.369 e. The molecular weight excluding hydrogens is 256 g/mol. The summed E-state index contributed by atoms with van der Waals surface area (Å²) < 4.78 is 0. The molecular formula is C11H15ClN4O2. The lowest BCUT2D eigenvalue weighted by Gasteiger charge is -2.15. The van der Waals surface area contributed by atoms with Crippen LogP contribution in [0.5, 0.6) is 0 Å². The Hall–Kier alpha value is -1.40. The minimum absolute atomic E-state index is 0.0481. The highest BCUT2D eigenvalue weighted by Crippen LogP contribution is 2.25. The third-order valence-corrected chi connectivity index (χ3v) is 3.12. The summed E-state index contributed by atoms with van der Waals surface area (Å²) in [6.45, 7) is 1.57. The lowest BCUT2D eigenvalue weighted by molar-refractivity contribution is -0.384. The molecule has 1 aliphatic carbocycles. The van der Waals surface area contributed by atoms with Gasteiger partial charge in [-0.25, -0.2) is 4.98 Å². The van der Waals surface area contributed by atoms with Crippen LogP contribution in [0.2, 0.25) is 5.15 Å². The van der Waals surface area contributed by atoms with Gasteiger partial charge in [0.15, 0.2) is 0 Å². The number of nitrogens with one attached hydrogen (secondary N) is 1. The molecule has 0 unspecified atom stereocenters. The number of likely N-dealkylation sites (N-methyl/N-ethyl adjacent to an activating group) is 1. The van der Waals surface area contributed by atoms with Gasteiger partial charge in [0.2, 0.25) is 0 Å². The zero-order valence-electron chi connectivity index (χ0n) is 10.1. The highest BCUT2D eigenvalue weighted by Gasteiger charge is 2.25. The topological polar surface area (TPSA) is 71.3 Å². The fourth-order valence-electron chi connectivity index (χ4n) is 1.74. The van der Waals surface area contributed by atoms with Crippen molar-refractivity contribution in [1.29, 1.82) is 0 Å². The summed E-state index contributed by atoms with van der Waals surface area (Å²) in [4.78, 5) is 16.5. The highest BCUT2D eigenvalue weighted by atomic mass is 35.5. The highest BCUT2D eigenvalue weighted by molar-refractivity contribution is 6.29. The molecule has 1 aliphatic rings. The third kappa shape index (κ3) is 3.54. The Labute approximate surface area is 110 Å². The summed E-state index contributed by atoms with van der Waals surface area (Å²) in [6, 6.07) is 3.33. The van der Waals surface area contributed by atoms with Gasteiger partial charge in [0.25, 0.3) is 5.69 Å². The van der Waals surface area contributed by atoms with Crippen LogP contribution in [-0.4, -0.2) is 41.0 Å². The molecule has 98 valence electrons. The number of hydrogen-bond donors (Lipinski definition) is 1. The summed E-state index contributed by atoms with van der Waals surface area (Å²) in [5.74, 6) is 0.443. The molecule has 0 atom stereocenters. The van der Waals surface area contributed by atoms with Crippen molar-refractivity contribution in [1.82, 2.24) is 9.88 Å². The number of aromatic nitrogens is 1. The predicted octanol–water partition coefficient (Wildman–Crippen LogP) is 2.15. The molecule has 7 heteroatoms. The average Bonchev–Trinajstić information content (AvgIpc) is 3.11. The fourth-order valence-corrected chi connectivity index (χ4v) is 1.94. The van der Waals surface area contributed by atoms with Gasteiger partial charge in [0, 0.05) is 19.1 Å². The lowest BCUT2D eigenvalue weighted by atomic mass is 10.4. The molecule has 0 saturated heterocycles. The second-order valence-electron chi connectivity index (χ2n) is 4.43. The van der Waals surface area contributed by atoms with Gasteiger partial charge in [-0.05, 0) is 19.9 Å². The normalized spacial score (nSPS) is 14.8. The van der Waals surface area contributed by atoms with E-state index in [1.807, 2.05) is 0 Å². The van der Waals surface area contributed by atoms with Gasteiger partial charge in [-0.1, -0.05) is 11.6 Å². The van der Waals surface area contributed by atoms with Crippen molar-refractivity contribution in [2.24, 2.45) is 0 Å². The molecule has 0 aromatic carbocycles. The number of anilines is 1. The number of halogens is 1. The first-order valence-electron chi connectivity index (χ1n) is 5.82. The molecule has 1 aromatic rings. The van der Waals surface area contributed by atoms with Crippen LogP contribution in [0, 0.1) is 10.1 Å². The van der Waals surface area contributed by atoms with E-state index < -0.39 is 4.92 Å². The van der Waals surface area contributed by atoms with Crippen LogP contribution in [0.25, 0.3) is 0 Å². The number of rotatable bonds is 6. The first-order valence-corrected chi connectivity index (χ1v) is 6.20. The van der Waals surface area contributed by atoms with Gasteiger partial charge >= 0.3 is 0 Å². The molecule has 0 radical (unpaired) electrons. The Bertz CT molecular complexity index is 451. The van der Waals surface area contributed by atoms with Crippen LogP contribution in [0.1, 0.15) is 12.8 Å². The van der Waals surface area contributed by atoms with Crippen molar-refractivity contribution in [2.45, 2.75) is 18.9 Å². The van der Waals surface area contributed by atoms with E-state index in [9.17, 15) is 10.1 Å². The molecule has 1 aromatic heterocycles. The number of nitro groups is 1. The molecule has 6 nitrogen and oxygen atoms in total. The Morgan fingerprint density at radius 2 is 2.33 bits per heavy atom. The van der Waals surface area contributed by atoms with E-state index in [0.717, 1.165) is 6.54 Å². The Kier molecular flexibility index (Phi) is 3.98. The summed E-state index contributed by atoms with van der Waals surface area (Å²) in [7, 11) is 2.08. The van der Waals surface area contributed by atoms with Gasteiger partial charge < -0.3 is 10.2 Å². The van der Waals surface area contributed by atoms with Gasteiger partial charge in [-0.2, -0.15) is 0 Å². The van der Waals surface area contributed by atoms with E-state index in [-0.39, 0.29) is 10.8 Å². The van der Waals surface area contributed by atoms with E-state index >= 15 is 0 Å². The van der Waals surface area contributed by atoms with Gasteiger partial charge in [-0.3, -0.25) is 10.1 Å². The monoisotopic (exact) mass is 270 g/mol. The van der Waals surface area contributed by atoms with Crippen molar-refractivity contribution in [3.8, 4) is 0 Å². The first kappa shape index (κ1) is 13.0. The zero-order chi connectivity index (χ0) is 13.1. The smallest absolute Gasteiger partial charge is 0.276 e. The second-order valence-corrected chi connectivity index (χ2v) is 4.82. The number of hydrogen-bond acceptors (Lipinski definition) is 5. The standard InChI is InChI=1S/C11H15ClN4O2/c1-15(8-2-3-8)5-4-13-11-7-9(16(17)18)6-10(12)14-11/h6-8H,2-5H2,1H3,(H,13,14). The largest absolute Gasteiger partial charge is 0.369 e.